The van der Waals surface area contributed by atoms with Crippen molar-refractivity contribution < 1.29 is 68.1 Å². The van der Waals surface area contributed by atoms with E-state index in [2.05, 4.69) is 47.2 Å². The Balaban J connectivity index is 1.23. The van der Waals surface area contributed by atoms with Gasteiger partial charge in [0.05, 0.1) is 25.8 Å². The summed E-state index contributed by atoms with van der Waals surface area (Å²) in [4.78, 5) is 163. The summed E-state index contributed by atoms with van der Waals surface area (Å²) < 4.78 is 0. The summed E-state index contributed by atoms with van der Waals surface area (Å²) in [5.41, 5.74) is 29.0. The first-order valence-electron chi connectivity index (χ1n) is 30.4. The number of nitrogens with one attached hydrogen (secondary N) is 7. The van der Waals surface area contributed by atoms with E-state index in [1.54, 1.807) is 67.6 Å². The predicted octanol–water partition coefficient (Wildman–Crippen LogP) is -4.98. The van der Waals surface area contributed by atoms with E-state index in [9.17, 15) is 68.1 Å². The maximum Gasteiger partial charge on any atom is 0.326 e. The minimum absolute atomic E-state index is 0.00466. The number of carbonyl (C=O) groups is 11. The van der Waals surface area contributed by atoms with Gasteiger partial charge in [0.15, 0.2) is 11.9 Å². The van der Waals surface area contributed by atoms with Crippen LogP contribution >= 0.6 is 0 Å². The SMILES string of the molecule is CC[C@@H](C)[C@@H](N)C(=O)N[C@@H](CO)C(=O)N[C@@H](CCCN=C(N)N)C(=O)N1CCC[C@H]1C(=O)N1CCC[C@H]1C(=O)NCC(=O)N[C@@H](Cc1ccccc1)C(=O)N[C@@H](CO)C(=O)N1CCC[C@H]1C(=O)N[C@@H](Cc1ccccc1)C(=O)N[C@@H](CCCN=C(N)N)C(=O)O. The highest BCUT2D eigenvalue weighted by Gasteiger charge is 2.45. The maximum atomic E-state index is 14.4. The molecule has 0 bridgehead atoms. The smallest absolute Gasteiger partial charge is 0.326 e. The van der Waals surface area contributed by atoms with Crippen molar-refractivity contribution in [2.45, 2.75) is 158 Å². The van der Waals surface area contributed by atoms with E-state index in [4.69, 9.17) is 28.7 Å². The van der Waals surface area contributed by atoms with Gasteiger partial charge < -0.3 is 95.9 Å². The summed E-state index contributed by atoms with van der Waals surface area (Å²) in [6.07, 6.45) is 2.43. The molecule has 0 spiro atoms. The molecule has 0 unspecified atom stereocenters. The lowest BCUT2D eigenvalue weighted by molar-refractivity contribution is -0.148. The minimum Gasteiger partial charge on any atom is -0.480 e. The Morgan fingerprint density at radius 3 is 1.49 bits per heavy atom. The maximum absolute atomic E-state index is 14.4. The first-order valence-corrected chi connectivity index (χ1v) is 30.4. The summed E-state index contributed by atoms with van der Waals surface area (Å²) in [6.45, 7) is 1.65. The number of nitrogens with zero attached hydrogens (tertiary/aromatic N) is 5. The first kappa shape index (κ1) is 71.8. The van der Waals surface area contributed by atoms with E-state index < -0.39 is 145 Å². The fourth-order valence-corrected chi connectivity index (χ4v) is 10.9. The number of aliphatic hydroxyl groups is 2. The Morgan fingerprint density at radius 2 is 0.978 bits per heavy atom. The third kappa shape index (κ3) is 21.4. The lowest BCUT2D eigenvalue weighted by atomic mass is 9.99. The van der Waals surface area contributed by atoms with Crippen molar-refractivity contribution in [2.75, 3.05) is 52.5 Å². The summed E-state index contributed by atoms with van der Waals surface area (Å²) >= 11 is 0. The van der Waals surface area contributed by atoms with Crippen LogP contribution in [-0.4, -0.2) is 220 Å². The van der Waals surface area contributed by atoms with Gasteiger partial charge in [0, 0.05) is 45.6 Å². The van der Waals surface area contributed by atoms with Crippen molar-refractivity contribution in [1.82, 2.24) is 51.9 Å². The van der Waals surface area contributed by atoms with Gasteiger partial charge in [-0.25, -0.2) is 4.79 Å². The Hall–Kier alpha value is -8.97. The topological polar surface area (TPSA) is 497 Å². The lowest BCUT2D eigenvalue weighted by Crippen LogP contribution is -2.60. The molecule has 31 nitrogen and oxygen atoms in total. The minimum atomic E-state index is -1.63. The second kappa shape index (κ2) is 35.9. The molecule has 5 rings (SSSR count). The molecule has 3 aliphatic heterocycles. The number of hydrogen-bond acceptors (Lipinski definition) is 16. The van der Waals surface area contributed by atoms with E-state index in [0.717, 1.165) is 0 Å². The van der Waals surface area contributed by atoms with Gasteiger partial charge in [-0.15, -0.1) is 0 Å². The fourth-order valence-electron chi connectivity index (χ4n) is 10.9. The van der Waals surface area contributed by atoms with Crippen LogP contribution in [0.2, 0.25) is 0 Å². The van der Waals surface area contributed by atoms with Crippen LogP contribution in [0.15, 0.2) is 70.6 Å². The third-order valence-corrected chi connectivity index (χ3v) is 16.1. The number of guanidine groups is 2. The zero-order valence-electron chi connectivity index (χ0n) is 50.9. The molecular weight excluding hydrogens is 1170 g/mol. The van der Waals surface area contributed by atoms with Crippen LogP contribution in [0.4, 0.5) is 0 Å². The van der Waals surface area contributed by atoms with Crippen LogP contribution in [-0.2, 0) is 65.6 Å². The number of carboxylic acids is 1. The average molecular weight is 1260 g/mol. The monoisotopic (exact) mass is 1260 g/mol. The summed E-state index contributed by atoms with van der Waals surface area (Å²) in [5.74, 6) is -9.54. The van der Waals surface area contributed by atoms with Gasteiger partial charge >= 0.3 is 5.97 Å². The molecule has 0 aliphatic carbocycles. The van der Waals surface area contributed by atoms with Crippen LogP contribution in [0.5, 0.6) is 0 Å². The zero-order chi connectivity index (χ0) is 66.0. The van der Waals surface area contributed by atoms with Gasteiger partial charge in [-0.05, 0) is 81.3 Å². The molecule has 10 amide bonds. The lowest BCUT2D eigenvalue weighted by Gasteiger charge is -2.33. The van der Waals surface area contributed by atoms with E-state index in [1.807, 2.05) is 6.92 Å². The molecule has 0 aromatic heterocycles. The summed E-state index contributed by atoms with van der Waals surface area (Å²) in [5, 5.41) is 48.6. The quantitative estimate of drug-likeness (QED) is 0.0177. The number of rotatable bonds is 34. The molecular formula is C59H89N17O14. The third-order valence-electron chi connectivity index (χ3n) is 16.1. The number of aliphatic carboxylic acids is 1. The number of aliphatic imine (C=N–C) groups is 2. The molecule has 90 heavy (non-hydrogen) atoms. The van der Waals surface area contributed by atoms with Gasteiger partial charge in [0.25, 0.3) is 0 Å². The molecule has 2 aromatic carbocycles. The van der Waals surface area contributed by atoms with Crippen LogP contribution < -0.4 is 65.9 Å². The van der Waals surface area contributed by atoms with Gasteiger partial charge in [-0.2, -0.15) is 0 Å². The molecule has 3 fully saturated rings. The number of carboxylic acid groups (broad SMARTS) is 1. The number of amides is 10. The molecule has 3 heterocycles. The van der Waals surface area contributed by atoms with Gasteiger partial charge in [0.2, 0.25) is 59.1 Å². The van der Waals surface area contributed by atoms with Crippen LogP contribution in [0.3, 0.4) is 0 Å². The highest BCUT2D eigenvalue weighted by molar-refractivity contribution is 5.99. The van der Waals surface area contributed by atoms with Crippen molar-refractivity contribution in [2.24, 2.45) is 44.6 Å². The number of carbonyl (C=O) groups excluding carboxylic acids is 10. The van der Waals surface area contributed by atoms with Crippen LogP contribution in [0, 0.1) is 5.92 Å². The van der Waals surface area contributed by atoms with Crippen molar-refractivity contribution in [3.63, 3.8) is 0 Å². The highest BCUT2D eigenvalue weighted by Crippen LogP contribution is 2.27. The van der Waals surface area contributed by atoms with Gasteiger partial charge in [-0.1, -0.05) is 80.9 Å². The number of aliphatic hydroxyl groups excluding tert-OH is 2. The van der Waals surface area contributed by atoms with Crippen LogP contribution in [0.25, 0.3) is 0 Å². The number of nitrogens with two attached hydrogens (primary N) is 5. The Bertz CT molecular complexity index is 2860. The normalized spacial score (nSPS) is 18.8. The average Bonchev–Trinajstić information content (AvgIpc) is 1.81. The molecule has 3 saturated heterocycles. The van der Waals surface area contributed by atoms with Crippen molar-refractivity contribution in [3.05, 3.63) is 71.8 Å². The van der Waals surface area contributed by atoms with E-state index in [0.29, 0.717) is 36.8 Å². The largest absolute Gasteiger partial charge is 0.480 e. The van der Waals surface area contributed by atoms with Crippen molar-refractivity contribution in [3.8, 4) is 0 Å². The van der Waals surface area contributed by atoms with E-state index >= 15 is 0 Å². The van der Waals surface area contributed by atoms with E-state index in [-0.39, 0.29) is 108 Å². The van der Waals surface area contributed by atoms with E-state index in [1.165, 1.54) is 14.7 Å². The second-order valence-electron chi connectivity index (χ2n) is 22.6. The van der Waals surface area contributed by atoms with Crippen molar-refractivity contribution in [1.29, 1.82) is 0 Å². The van der Waals surface area contributed by atoms with Crippen LogP contribution in [0.1, 0.15) is 95.6 Å². The standard InChI is InChI=1S/C59H89N17O14/c1-3-34(2)47(60)53(85)72-41(32-77)50(82)69-37(19-10-24-65-58(61)62)54(86)76-28-14-23-45(76)56(88)75-27-12-21-43(75)51(83)67-31-46(79)68-39(29-35-15-6-4-7-16-35)48(80)73-42(33-78)55(87)74-26-13-22-44(74)52(84)71-40(30-36-17-8-5-9-18-36)49(81)70-38(57(89)90)20-11-25-66-59(63)64/h4-9,15-18,34,37-45,47,77-78H,3,10-14,19-33,60H2,1-2H3,(H,67,83)(H,68,79)(H,69,82)(H,70,81)(H,71,84)(H,72,85)(H,73,80)(H,89,90)(H4,61,62,65)(H4,63,64,66)/t34-,37+,38+,39+,40+,41+,42+,43+,44+,45+,47-/m1/s1. The van der Waals surface area contributed by atoms with Gasteiger partial charge in [0.1, 0.15) is 54.4 Å². The Morgan fingerprint density at radius 1 is 0.544 bits per heavy atom. The fraction of sp³-hybridized carbons (Fsp3) is 0.576. The summed E-state index contributed by atoms with van der Waals surface area (Å²) in [7, 11) is 0. The Labute approximate surface area is 521 Å². The second-order valence-corrected chi connectivity index (χ2v) is 22.6. The highest BCUT2D eigenvalue weighted by atomic mass is 16.4. The molecule has 3 aliphatic rings. The van der Waals surface area contributed by atoms with Gasteiger partial charge in [-0.3, -0.25) is 57.9 Å². The molecule has 2 aromatic rings. The summed E-state index contributed by atoms with van der Waals surface area (Å²) in [6, 6.07) is 4.43. The molecule has 31 heteroatoms. The molecule has 11 atom stereocenters. The number of hydrogen-bond donors (Lipinski definition) is 15. The number of likely N-dealkylation sites (tertiary alicyclic amines) is 3. The molecule has 0 radical (unpaired) electrons. The predicted molar refractivity (Wildman–Crippen MR) is 328 cm³/mol. The first-order chi connectivity index (χ1) is 43.0. The molecule has 0 saturated carbocycles. The number of benzene rings is 2. The molecule has 494 valence electrons. The van der Waals surface area contributed by atoms with Crippen molar-refractivity contribution >= 4 is 77.0 Å². The zero-order valence-corrected chi connectivity index (χ0v) is 50.9. The molecule has 20 N–H and O–H groups in total. The Kier molecular flexibility index (Phi) is 28.6.